The highest BCUT2D eigenvalue weighted by molar-refractivity contribution is 4.89. The monoisotopic (exact) mass is 211 g/mol. The van der Waals surface area contributed by atoms with E-state index in [1.54, 1.807) is 6.92 Å². The fraction of sp³-hybridized carbons (Fsp3) is 0.800. The molecule has 0 radical (unpaired) electrons. The van der Waals surface area contributed by atoms with E-state index in [4.69, 9.17) is 9.15 Å². The van der Waals surface area contributed by atoms with Crippen LogP contribution in [0.5, 0.6) is 0 Å². The van der Waals surface area contributed by atoms with E-state index < -0.39 is 0 Å². The second-order valence-electron chi connectivity index (χ2n) is 4.11. The number of hydrogen-bond donors (Lipinski definition) is 0. The minimum atomic E-state index is -0.0673. The smallest absolute Gasteiger partial charge is 0.246 e. The van der Waals surface area contributed by atoms with Gasteiger partial charge in [0.1, 0.15) is 6.10 Å². The van der Waals surface area contributed by atoms with Gasteiger partial charge in [-0.2, -0.15) is 0 Å². The number of nitrogens with zero attached hydrogens (tertiary/aromatic N) is 3. The molecule has 0 aromatic carbocycles. The molecule has 1 fully saturated rings. The van der Waals surface area contributed by atoms with E-state index in [1.165, 1.54) is 0 Å². The van der Waals surface area contributed by atoms with Crippen molar-refractivity contribution in [3.05, 3.63) is 11.8 Å². The van der Waals surface area contributed by atoms with Gasteiger partial charge in [-0.25, -0.2) is 0 Å². The van der Waals surface area contributed by atoms with Crippen molar-refractivity contribution in [1.29, 1.82) is 0 Å². The summed E-state index contributed by atoms with van der Waals surface area (Å²) in [6, 6.07) is 0.528. The van der Waals surface area contributed by atoms with E-state index in [0.717, 1.165) is 19.7 Å². The van der Waals surface area contributed by atoms with Crippen LogP contribution >= 0.6 is 0 Å². The molecule has 0 bridgehead atoms. The van der Waals surface area contributed by atoms with Crippen molar-refractivity contribution in [3.8, 4) is 0 Å². The Morgan fingerprint density at radius 2 is 2.20 bits per heavy atom. The number of ether oxygens (including phenoxy) is 1. The van der Waals surface area contributed by atoms with Crippen LogP contribution in [0.3, 0.4) is 0 Å². The lowest BCUT2D eigenvalue weighted by molar-refractivity contribution is -0.0523. The van der Waals surface area contributed by atoms with Gasteiger partial charge < -0.3 is 9.15 Å². The quantitative estimate of drug-likeness (QED) is 0.734. The van der Waals surface area contributed by atoms with Gasteiger partial charge in [0, 0.05) is 26.1 Å². The zero-order chi connectivity index (χ0) is 10.8. The van der Waals surface area contributed by atoms with Crippen LogP contribution in [0.4, 0.5) is 0 Å². The summed E-state index contributed by atoms with van der Waals surface area (Å²) in [6.07, 6.45) is -0.0673. The van der Waals surface area contributed by atoms with Crippen molar-refractivity contribution >= 4 is 0 Å². The first kappa shape index (κ1) is 10.6. The van der Waals surface area contributed by atoms with Crippen molar-refractivity contribution in [2.24, 2.45) is 0 Å². The molecule has 0 saturated carbocycles. The van der Waals surface area contributed by atoms with Gasteiger partial charge >= 0.3 is 0 Å². The second-order valence-corrected chi connectivity index (χ2v) is 4.11. The van der Waals surface area contributed by atoms with Gasteiger partial charge in [0.15, 0.2) is 0 Å². The Morgan fingerprint density at radius 3 is 2.80 bits per heavy atom. The average molecular weight is 211 g/mol. The summed E-state index contributed by atoms with van der Waals surface area (Å²) in [6.45, 7) is 8.69. The molecule has 1 aliphatic rings. The largest absolute Gasteiger partial charge is 0.423 e. The lowest BCUT2D eigenvalue weighted by Gasteiger charge is -2.33. The van der Waals surface area contributed by atoms with E-state index in [9.17, 15) is 0 Å². The Labute approximate surface area is 89.4 Å². The molecule has 1 aromatic rings. The molecule has 0 unspecified atom stereocenters. The predicted molar refractivity (Wildman–Crippen MR) is 54.4 cm³/mol. The van der Waals surface area contributed by atoms with Gasteiger partial charge in [-0.1, -0.05) is 0 Å². The van der Waals surface area contributed by atoms with Crippen LogP contribution in [0.2, 0.25) is 0 Å². The average Bonchev–Trinajstić information content (AvgIpc) is 2.65. The Morgan fingerprint density at radius 1 is 1.40 bits per heavy atom. The van der Waals surface area contributed by atoms with E-state index >= 15 is 0 Å². The molecule has 0 spiro atoms. The summed E-state index contributed by atoms with van der Waals surface area (Å²) < 4.78 is 11.0. The van der Waals surface area contributed by atoms with E-state index in [-0.39, 0.29) is 6.10 Å². The maximum absolute atomic E-state index is 5.62. The van der Waals surface area contributed by atoms with Gasteiger partial charge in [0.05, 0.1) is 6.61 Å². The van der Waals surface area contributed by atoms with E-state index in [0.29, 0.717) is 17.8 Å². The lowest BCUT2D eigenvalue weighted by Crippen LogP contribution is -2.42. The maximum atomic E-state index is 5.62. The molecule has 0 amide bonds. The van der Waals surface area contributed by atoms with E-state index in [1.807, 2.05) is 0 Å². The van der Waals surface area contributed by atoms with Gasteiger partial charge in [-0.15, -0.1) is 10.2 Å². The molecule has 84 valence electrons. The van der Waals surface area contributed by atoms with Gasteiger partial charge in [0.25, 0.3) is 0 Å². The molecule has 15 heavy (non-hydrogen) atoms. The second kappa shape index (κ2) is 4.28. The molecular formula is C10H17N3O2. The highest BCUT2D eigenvalue weighted by Gasteiger charge is 2.27. The van der Waals surface area contributed by atoms with Crippen molar-refractivity contribution in [3.63, 3.8) is 0 Å². The standard InChI is InChI=1S/C10H17N3O2/c1-7(2)13-4-5-14-9(6-13)10-12-11-8(3)15-10/h7,9H,4-6H2,1-3H3/t9-/m1/s1. The number of rotatable bonds is 2. The minimum Gasteiger partial charge on any atom is -0.423 e. The van der Waals surface area contributed by atoms with Crippen molar-refractivity contribution in [1.82, 2.24) is 15.1 Å². The van der Waals surface area contributed by atoms with Crippen LogP contribution in [0.15, 0.2) is 4.42 Å². The molecule has 5 heteroatoms. The fourth-order valence-corrected chi connectivity index (χ4v) is 1.73. The van der Waals surface area contributed by atoms with Crippen LogP contribution in [0.25, 0.3) is 0 Å². The van der Waals surface area contributed by atoms with Gasteiger partial charge in [0.2, 0.25) is 11.8 Å². The van der Waals surface area contributed by atoms with Crippen LogP contribution in [-0.2, 0) is 4.74 Å². The number of hydrogen-bond acceptors (Lipinski definition) is 5. The molecule has 2 heterocycles. The Kier molecular flexibility index (Phi) is 3.02. The third kappa shape index (κ3) is 2.35. The minimum absolute atomic E-state index is 0.0673. The van der Waals surface area contributed by atoms with Crippen LogP contribution in [-0.4, -0.2) is 40.8 Å². The molecule has 1 aliphatic heterocycles. The lowest BCUT2D eigenvalue weighted by atomic mass is 10.2. The molecule has 5 nitrogen and oxygen atoms in total. The molecule has 0 aliphatic carbocycles. The van der Waals surface area contributed by atoms with Crippen LogP contribution in [0.1, 0.15) is 31.7 Å². The zero-order valence-corrected chi connectivity index (χ0v) is 9.43. The predicted octanol–water partition coefficient (Wildman–Crippen LogP) is 1.16. The van der Waals surface area contributed by atoms with Crippen molar-refractivity contribution < 1.29 is 9.15 Å². The molecule has 1 saturated heterocycles. The Hall–Kier alpha value is -0.940. The number of aromatic nitrogens is 2. The highest BCUT2D eigenvalue weighted by atomic mass is 16.5. The molecular weight excluding hydrogens is 194 g/mol. The first-order valence-corrected chi connectivity index (χ1v) is 5.32. The first-order chi connectivity index (χ1) is 7.16. The normalized spacial score (nSPS) is 23.6. The van der Waals surface area contributed by atoms with Crippen LogP contribution < -0.4 is 0 Å². The summed E-state index contributed by atoms with van der Waals surface area (Å²) in [5.41, 5.74) is 0. The first-order valence-electron chi connectivity index (χ1n) is 5.32. The molecule has 1 atom stereocenters. The van der Waals surface area contributed by atoms with Gasteiger partial charge in [-0.05, 0) is 13.8 Å². The third-order valence-corrected chi connectivity index (χ3v) is 2.65. The fourth-order valence-electron chi connectivity index (χ4n) is 1.73. The maximum Gasteiger partial charge on any atom is 0.246 e. The molecule has 1 aromatic heterocycles. The Bertz CT molecular complexity index is 324. The highest BCUT2D eigenvalue weighted by Crippen LogP contribution is 2.21. The summed E-state index contributed by atoms with van der Waals surface area (Å²) >= 11 is 0. The zero-order valence-electron chi connectivity index (χ0n) is 9.43. The van der Waals surface area contributed by atoms with Gasteiger partial charge in [-0.3, -0.25) is 4.90 Å². The van der Waals surface area contributed by atoms with Crippen molar-refractivity contribution in [2.45, 2.75) is 32.9 Å². The van der Waals surface area contributed by atoms with E-state index in [2.05, 4.69) is 28.9 Å². The molecule has 0 N–H and O–H groups in total. The third-order valence-electron chi connectivity index (χ3n) is 2.65. The molecule has 2 rings (SSSR count). The topological polar surface area (TPSA) is 51.4 Å². The SMILES string of the molecule is Cc1nnc([C@H]2CN(C(C)C)CCO2)o1. The summed E-state index contributed by atoms with van der Waals surface area (Å²) in [5, 5.41) is 7.81. The Balaban J connectivity index is 2.04. The summed E-state index contributed by atoms with van der Waals surface area (Å²) in [7, 11) is 0. The summed E-state index contributed by atoms with van der Waals surface area (Å²) in [5.74, 6) is 1.19. The number of morpholine rings is 1. The van der Waals surface area contributed by atoms with Crippen molar-refractivity contribution in [2.75, 3.05) is 19.7 Å². The van der Waals surface area contributed by atoms with Crippen LogP contribution in [0, 0.1) is 6.92 Å². The summed E-state index contributed by atoms with van der Waals surface area (Å²) in [4.78, 5) is 2.35. The number of aryl methyl sites for hydroxylation is 1.